The number of aromatic nitrogens is 1. The summed E-state index contributed by atoms with van der Waals surface area (Å²) in [5.41, 5.74) is -0.142. The molecule has 0 amide bonds. The minimum Gasteiger partial charge on any atom is -0.399 e. The Morgan fingerprint density at radius 3 is 2.17 bits per heavy atom. The van der Waals surface area contributed by atoms with Gasteiger partial charge < -0.3 is 9.31 Å². The topological polar surface area (TPSA) is 31.4 Å². The van der Waals surface area contributed by atoms with E-state index in [1.807, 2.05) is 27.7 Å². The molecule has 1 aromatic heterocycles. The highest BCUT2D eigenvalue weighted by atomic mass is 35.5. The lowest BCUT2D eigenvalue weighted by molar-refractivity contribution is 0.00578. The highest BCUT2D eigenvalue weighted by molar-refractivity contribution is 6.62. The Hall–Kier alpha value is -0.645. The van der Waals surface area contributed by atoms with Gasteiger partial charge in [-0.05, 0) is 40.7 Å². The fourth-order valence-electron chi connectivity index (χ4n) is 1.72. The first-order valence-electron chi connectivity index (χ1n) is 5.71. The SMILES string of the molecule is Cc1nccc(B2OC(C)(C)C(C)(C)O2)c1F.Cl. The molecule has 2 heterocycles. The number of pyridine rings is 1. The Balaban J connectivity index is 0.00000162. The van der Waals surface area contributed by atoms with Crippen LogP contribution in [0.4, 0.5) is 4.39 Å². The molecule has 1 fully saturated rings. The molecule has 0 spiro atoms. The van der Waals surface area contributed by atoms with Crippen molar-refractivity contribution in [3.63, 3.8) is 0 Å². The van der Waals surface area contributed by atoms with Gasteiger partial charge in [-0.2, -0.15) is 0 Å². The van der Waals surface area contributed by atoms with Gasteiger partial charge in [-0.15, -0.1) is 12.4 Å². The average Bonchev–Trinajstić information content (AvgIpc) is 2.40. The van der Waals surface area contributed by atoms with E-state index in [9.17, 15) is 4.39 Å². The van der Waals surface area contributed by atoms with Crippen molar-refractivity contribution in [1.82, 2.24) is 4.98 Å². The quantitative estimate of drug-likeness (QED) is 0.736. The number of rotatable bonds is 1. The maximum Gasteiger partial charge on any atom is 0.497 e. The van der Waals surface area contributed by atoms with Gasteiger partial charge in [-0.3, -0.25) is 4.98 Å². The number of nitrogens with zero attached hydrogens (tertiary/aromatic N) is 1. The largest absolute Gasteiger partial charge is 0.497 e. The third-order valence-electron chi connectivity index (χ3n) is 3.60. The van der Waals surface area contributed by atoms with E-state index < -0.39 is 18.3 Å². The molecule has 0 N–H and O–H groups in total. The number of aryl methyl sites for hydroxylation is 1. The molecule has 18 heavy (non-hydrogen) atoms. The number of halogens is 2. The van der Waals surface area contributed by atoms with Gasteiger partial charge in [-0.1, -0.05) is 0 Å². The summed E-state index contributed by atoms with van der Waals surface area (Å²) in [6.45, 7) is 9.40. The molecule has 6 heteroatoms. The third-order valence-corrected chi connectivity index (χ3v) is 3.60. The molecule has 2 rings (SSSR count). The molecule has 0 atom stereocenters. The van der Waals surface area contributed by atoms with Crippen LogP contribution >= 0.6 is 12.4 Å². The Morgan fingerprint density at radius 1 is 1.17 bits per heavy atom. The maximum atomic E-state index is 13.9. The smallest absolute Gasteiger partial charge is 0.399 e. The second-order valence-corrected chi connectivity index (χ2v) is 5.39. The molecule has 0 saturated carbocycles. The molecule has 0 radical (unpaired) electrons. The van der Waals surface area contributed by atoms with Gasteiger partial charge in [0.1, 0.15) is 5.82 Å². The van der Waals surface area contributed by atoms with Gasteiger partial charge in [-0.25, -0.2) is 4.39 Å². The van der Waals surface area contributed by atoms with E-state index >= 15 is 0 Å². The van der Waals surface area contributed by atoms with Crippen molar-refractivity contribution in [2.24, 2.45) is 0 Å². The van der Waals surface area contributed by atoms with Gasteiger partial charge in [0, 0.05) is 11.7 Å². The summed E-state index contributed by atoms with van der Waals surface area (Å²) in [6.07, 6.45) is 1.57. The zero-order valence-corrected chi connectivity index (χ0v) is 12.1. The van der Waals surface area contributed by atoms with Crippen molar-refractivity contribution < 1.29 is 13.7 Å². The number of hydrogen-bond acceptors (Lipinski definition) is 3. The Bertz CT molecular complexity index is 438. The van der Waals surface area contributed by atoms with Crippen LogP contribution in [0.15, 0.2) is 12.3 Å². The maximum absolute atomic E-state index is 13.9. The number of hydrogen-bond donors (Lipinski definition) is 0. The van der Waals surface area contributed by atoms with Crippen LogP contribution in [-0.4, -0.2) is 23.3 Å². The van der Waals surface area contributed by atoms with Crippen molar-refractivity contribution in [3.8, 4) is 0 Å². The zero-order valence-electron chi connectivity index (χ0n) is 11.3. The van der Waals surface area contributed by atoms with Crippen molar-refractivity contribution in [2.75, 3.05) is 0 Å². The monoisotopic (exact) mass is 273 g/mol. The molecule has 1 aromatic rings. The summed E-state index contributed by atoms with van der Waals surface area (Å²) in [5.74, 6) is -0.356. The lowest BCUT2D eigenvalue weighted by Gasteiger charge is -2.32. The summed E-state index contributed by atoms with van der Waals surface area (Å²) < 4.78 is 25.5. The predicted octanol–water partition coefficient (Wildman–Crippen LogP) is 2.25. The molecule has 0 aliphatic carbocycles. The first-order chi connectivity index (χ1) is 7.74. The van der Waals surface area contributed by atoms with Gasteiger partial charge in [0.05, 0.1) is 16.9 Å². The first-order valence-corrected chi connectivity index (χ1v) is 5.71. The fourth-order valence-corrected chi connectivity index (χ4v) is 1.72. The van der Waals surface area contributed by atoms with E-state index in [1.165, 1.54) is 0 Å². The minimum absolute atomic E-state index is 0. The van der Waals surface area contributed by atoms with Crippen molar-refractivity contribution in [3.05, 3.63) is 23.8 Å². The second-order valence-electron chi connectivity index (χ2n) is 5.39. The second kappa shape index (κ2) is 4.80. The molecule has 1 aliphatic rings. The summed E-state index contributed by atoms with van der Waals surface area (Å²) in [6, 6.07) is 1.60. The lowest BCUT2D eigenvalue weighted by atomic mass is 9.79. The summed E-state index contributed by atoms with van der Waals surface area (Å²) >= 11 is 0. The molecule has 1 aliphatic heterocycles. The third kappa shape index (κ3) is 2.39. The van der Waals surface area contributed by atoms with Gasteiger partial charge in [0.2, 0.25) is 0 Å². The van der Waals surface area contributed by atoms with Crippen molar-refractivity contribution >= 4 is 25.0 Å². The molecule has 0 bridgehead atoms. The van der Waals surface area contributed by atoms with Crippen LogP contribution in [0.1, 0.15) is 33.4 Å². The molecule has 3 nitrogen and oxygen atoms in total. The average molecular weight is 274 g/mol. The Morgan fingerprint density at radius 2 is 1.67 bits per heavy atom. The molecule has 0 aromatic carbocycles. The van der Waals surface area contributed by atoms with E-state index in [1.54, 1.807) is 19.2 Å². The van der Waals surface area contributed by atoms with E-state index in [0.717, 1.165) is 0 Å². The predicted molar refractivity (Wildman–Crippen MR) is 71.9 cm³/mol. The van der Waals surface area contributed by atoms with Crippen molar-refractivity contribution in [1.29, 1.82) is 0 Å². The highest BCUT2D eigenvalue weighted by Crippen LogP contribution is 2.36. The van der Waals surface area contributed by atoms with E-state index in [0.29, 0.717) is 11.2 Å². The normalized spacial score (nSPS) is 20.7. The highest BCUT2D eigenvalue weighted by Gasteiger charge is 2.52. The van der Waals surface area contributed by atoms with Crippen LogP contribution in [0.5, 0.6) is 0 Å². The van der Waals surface area contributed by atoms with E-state index in [2.05, 4.69) is 4.98 Å². The minimum atomic E-state index is -0.665. The molecule has 1 saturated heterocycles. The Labute approximate surface area is 114 Å². The summed E-state index contributed by atoms with van der Waals surface area (Å²) in [5, 5.41) is 0. The van der Waals surface area contributed by atoms with Gasteiger partial charge in [0.15, 0.2) is 0 Å². The molecule has 100 valence electrons. The Kier molecular flexibility index (Phi) is 4.11. The molecular weight excluding hydrogens is 255 g/mol. The van der Waals surface area contributed by atoms with Crippen LogP contribution in [0, 0.1) is 12.7 Å². The first kappa shape index (κ1) is 15.4. The lowest BCUT2D eigenvalue weighted by Crippen LogP contribution is -2.41. The van der Waals surface area contributed by atoms with Gasteiger partial charge in [0.25, 0.3) is 0 Å². The van der Waals surface area contributed by atoms with Gasteiger partial charge >= 0.3 is 7.12 Å². The fraction of sp³-hybridized carbons (Fsp3) is 0.583. The van der Waals surface area contributed by atoms with Crippen LogP contribution in [-0.2, 0) is 9.31 Å². The summed E-state index contributed by atoms with van der Waals surface area (Å²) in [7, 11) is -0.665. The molecular formula is C12H18BClFNO2. The van der Waals surface area contributed by atoms with E-state index in [4.69, 9.17) is 9.31 Å². The summed E-state index contributed by atoms with van der Waals surface area (Å²) in [4.78, 5) is 3.90. The van der Waals surface area contributed by atoms with Crippen LogP contribution in [0.25, 0.3) is 0 Å². The van der Waals surface area contributed by atoms with Crippen LogP contribution in [0.2, 0.25) is 0 Å². The van der Waals surface area contributed by atoms with Crippen LogP contribution in [0.3, 0.4) is 0 Å². The van der Waals surface area contributed by atoms with E-state index in [-0.39, 0.29) is 18.2 Å². The van der Waals surface area contributed by atoms with Crippen molar-refractivity contribution in [2.45, 2.75) is 45.8 Å². The van der Waals surface area contributed by atoms with Crippen LogP contribution < -0.4 is 5.46 Å². The standard InChI is InChI=1S/C12H17BFNO2.ClH/c1-8-10(14)9(6-7-15-8)13-16-11(2,3)12(4,5)17-13;/h6-7H,1-5H3;1H. The zero-order chi connectivity index (χ0) is 12.8. The molecule has 0 unspecified atom stereocenters.